The van der Waals surface area contributed by atoms with Crippen molar-refractivity contribution in [1.29, 1.82) is 0 Å². The van der Waals surface area contributed by atoms with Gasteiger partial charge in [0.2, 0.25) is 11.1 Å². The number of carbonyl (C=O) groups is 1. The molecule has 3 rings (SSSR count). The Morgan fingerprint density at radius 2 is 1.84 bits per heavy atom. The van der Waals surface area contributed by atoms with E-state index in [9.17, 15) is 4.79 Å². The van der Waals surface area contributed by atoms with Crippen LogP contribution in [0, 0.1) is 13.8 Å². The minimum absolute atomic E-state index is 0.0896. The molecule has 6 nitrogen and oxygen atoms in total. The number of hydrogen-bond acceptors (Lipinski definition) is 5. The maximum atomic E-state index is 12.4. The second kappa shape index (κ2) is 7.48. The molecule has 1 aromatic heterocycles. The molecule has 0 unspecified atom stereocenters. The van der Waals surface area contributed by atoms with Crippen LogP contribution < -0.4 is 5.32 Å². The van der Waals surface area contributed by atoms with Crippen molar-refractivity contribution in [2.45, 2.75) is 31.2 Å². The third-order valence-corrected chi connectivity index (χ3v) is 4.79. The van der Waals surface area contributed by atoms with Gasteiger partial charge in [0.25, 0.3) is 0 Å². The average Bonchev–Trinajstić information content (AvgIpc) is 3.05. The maximum absolute atomic E-state index is 12.4. The van der Waals surface area contributed by atoms with Crippen molar-refractivity contribution in [3.63, 3.8) is 0 Å². The molecule has 1 amide bonds. The summed E-state index contributed by atoms with van der Waals surface area (Å²) in [6.45, 7) is 5.85. The number of thioether (sulfide) groups is 1. The Hall–Kier alpha value is -2.67. The number of anilines is 1. The van der Waals surface area contributed by atoms with Gasteiger partial charge in [-0.25, -0.2) is 0 Å². The highest BCUT2D eigenvalue weighted by molar-refractivity contribution is 8.00. The predicted octanol–water partition coefficient (Wildman–Crippen LogP) is 3.40. The van der Waals surface area contributed by atoms with Gasteiger partial charge in [-0.1, -0.05) is 47.7 Å². The molecule has 0 saturated heterocycles. The number of aromatic nitrogens is 4. The van der Waals surface area contributed by atoms with E-state index in [0.717, 1.165) is 22.5 Å². The number of carbonyl (C=O) groups excluding carboxylic acids is 1. The summed E-state index contributed by atoms with van der Waals surface area (Å²) in [7, 11) is 0. The van der Waals surface area contributed by atoms with Gasteiger partial charge in [0, 0.05) is 5.69 Å². The first-order valence-electron chi connectivity index (χ1n) is 7.93. The largest absolute Gasteiger partial charge is 0.325 e. The molecule has 0 aliphatic carbocycles. The number of amides is 1. The third kappa shape index (κ3) is 4.06. The number of rotatable bonds is 5. The molecule has 0 aliphatic heterocycles. The summed E-state index contributed by atoms with van der Waals surface area (Å²) in [4.78, 5) is 12.4. The Balaban J connectivity index is 1.72. The molecule has 0 fully saturated rings. The van der Waals surface area contributed by atoms with Crippen molar-refractivity contribution in [1.82, 2.24) is 20.2 Å². The molecule has 0 saturated carbocycles. The van der Waals surface area contributed by atoms with Gasteiger partial charge >= 0.3 is 0 Å². The average molecular weight is 353 g/mol. The molecule has 25 heavy (non-hydrogen) atoms. The number of benzene rings is 2. The highest BCUT2D eigenvalue weighted by Gasteiger charge is 2.19. The minimum Gasteiger partial charge on any atom is -0.325 e. The Kier molecular flexibility index (Phi) is 5.14. The quantitative estimate of drug-likeness (QED) is 0.712. The van der Waals surface area contributed by atoms with Gasteiger partial charge in [-0.2, -0.15) is 4.68 Å². The Labute approximate surface area is 150 Å². The second-order valence-electron chi connectivity index (χ2n) is 5.78. The van der Waals surface area contributed by atoms with Crippen LogP contribution in [0.5, 0.6) is 0 Å². The van der Waals surface area contributed by atoms with E-state index in [4.69, 9.17) is 0 Å². The SMILES string of the molecule is Cc1ccc(NC(=O)[C@@H](C)Sc2nnnn2-c2ccccc2C)cc1. The Morgan fingerprint density at radius 1 is 1.12 bits per heavy atom. The van der Waals surface area contributed by atoms with Gasteiger partial charge in [-0.05, 0) is 55.0 Å². The van der Waals surface area contributed by atoms with Crippen molar-refractivity contribution in [2.24, 2.45) is 0 Å². The van der Waals surface area contributed by atoms with Crippen LogP contribution in [-0.4, -0.2) is 31.4 Å². The number of nitrogens with one attached hydrogen (secondary N) is 1. The normalized spacial score (nSPS) is 12.0. The lowest BCUT2D eigenvalue weighted by Gasteiger charge is -2.12. The van der Waals surface area contributed by atoms with E-state index in [0.29, 0.717) is 5.16 Å². The predicted molar refractivity (Wildman–Crippen MR) is 99.0 cm³/mol. The Morgan fingerprint density at radius 3 is 2.56 bits per heavy atom. The van der Waals surface area contributed by atoms with Crippen molar-refractivity contribution >= 4 is 23.4 Å². The van der Waals surface area contributed by atoms with E-state index >= 15 is 0 Å². The number of tetrazole rings is 1. The summed E-state index contributed by atoms with van der Waals surface area (Å²) in [6, 6.07) is 15.6. The van der Waals surface area contributed by atoms with Crippen LogP contribution in [0.4, 0.5) is 5.69 Å². The van der Waals surface area contributed by atoms with Crippen LogP contribution in [-0.2, 0) is 4.79 Å². The fourth-order valence-corrected chi connectivity index (χ4v) is 3.10. The molecule has 3 aromatic rings. The molecule has 2 aromatic carbocycles. The first-order valence-corrected chi connectivity index (χ1v) is 8.81. The molecule has 1 N–H and O–H groups in total. The molecular weight excluding hydrogens is 334 g/mol. The van der Waals surface area contributed by atoms with Gasteiger partial charge in [-0.15, -0.1) is 5.10 Å². The fourth-order valence-electron chi connectivity index (χ4n) is 2.30. The van der Waals surface area contributed by atoms with Crippen molar-refractivity contribution in [3.05, 3.63) is 59.7 Å². The molecule has 0 radical (unpaired) electrons. The van der Waals surface area contributed by atoms with Crippen LogP contribution in [0.1, 0.15) is 18.1 Å². The van der Waals surface area contributed by atoms with Crippen LogP contribution in [0.2, 0.25) is 0 Å². The fraction of sp³-hybridized carbons (Fsp3) is 0.222. The van der Waals surface area contributed by atoms with Gasteiger partial charge in [-0.3, -0.25) is 4.79 Å². The summed E-state index contributed by atoms with van der Waals surface area (Å²) in [6.07, 6.45) is 0. The molecule has 0 bridgehead atoms. The highest BCUT2D eigenvalue weighted by atomic mass is 32.2. The summed E-state index contributed by atoms with van der Waals surface area (Å²) in [5.41, 5.74) is 3.90. The summed E-state index contributed by atoms with van der Waals surface area (Å²) in [5.74, 6) is -0.0896. The van der Waals surface area contributed by atoms with Gasteiger partial charge in [0.05, 0.1) is 10.9 Å². The molecule has 1 heterocycles. The highest BCUT2D eigenvalue weighted by Crippen LogP contribution is 2.25. The summed E-state index contributed by atoms with van der Waals surface area (Å²) >= 11 is 1.33. The van der Waals surface area contributed by atoms with Crippen molar-refractivity contribution < 1.29 is 4.79 Å². The molecule has 1 atom stereocenters. The van der Waals surface area contributed by atoms with Gasteiger partial charge in [0.15, 0.2) is 0 Å². The number of aryl methyl sites for hydroxylation is 2. The number of para-hydroxylation sites is 1. The van der Waals surface area contributed by atoms with Crippen molar-refractivity contribution in [2.75, 3.05) is 5.32 Å². The minimum atomic E-state index is -0.338. The molecule has 128 valence electrons. The number of nitrogens with zero attached hydrogens (tertiary/aromatic N) is 4. The van der Waals surface area contributed by atoms with Gasteiger partial charge < -0.3 is 5.32 Å². The van der Waals surface area contributed by atoms with Crippen LogP contribution in [0.3, 0.4) is 0 Å². The first kappa shape index (κ1) is 17.2. The van der Waals surface area contributed by atoms with Crippen LogP contribution >= 0.6 is 11.8 Å². The third-order valence-electron chi connectivity index (χ3n) is 3.76. The van der Waals surface area contributed by atoms with Crippen LogP contribution in [0.15, 0.2) is 53.7 Å². The van der Waals surface area contributed by atoms with E-state index in [1.54, 1.807) is 4.68 Å². The molecule has 0 aliphatic rings. The van der Waals surface area contributed by atoms with E-state index in [2.05, 4.69) is 20.8 Å². The smallest absolute Gasteiger partial charge is 0.237 e. The number of hydrogen-bond donors (Lipinski definition) is 1. The monoisotopic (exact) mass is 353 g/mol. The van der Waals surface area contributed by atoms with E-state index < -0.39 is 0 Å². The van der Waals surface area contributed by atoms with Crippen molar-refractivity contribution in [3.8, 4) is 5.69 Å². The van der Waals surface area contributed by atoms with Gasteiger partial charge in [0.1, 0.15) is 0 Å². The second-order valence-corrected chi connectivity index (χ2v) is 7.08. The lowest BCUT2D eigenvalue weighted by molar-refractivity contribution is -0.115. The van der Waals surface area contributed by atoms with Crippen LogP contribution in [0.25, 0.3) is 5.69 Å². The zero-order valence-corrected chi connectivity index (χ0v) is 15.1. The summed E-state index contributed by atoms with van der Waals surface area (Å²) < 4.78 is 1.66. The molecule has 7 heteroatoms. The Bertz CT molecular complexity index is 875. The summed E-state index contributed by atoms with van der Waals surface area (Å²) in [5, 5.41) is 15.0. The zero-order chi connectivity index (χ0) is 17.8. The molecule has 0 spiro atoms. The van der Waals surface area contributed by atoms with E-state index in [1.807, 2.05) is 69.3 Å². The standard InChI is InChI=1S/C18H19N5OS/c1-12-8-10-15(11-9-12)19-17(24)14(3)25-18-20-21-22-23(18)16-7-5-4-6-13(16)2/h4-11,14H,1-3H3,(H,19,24)/t14-/m1/s1. The first-order chi connectivity index (χ1) is 12.0. The maximum Gasteiger partial charge on any atom is 0.237 e. The molecular formula is C18H19N5OS. The lowest BCUT2D eigenvalue weighted by atomic mass is 10.2. The lowest BCUT2D eigenvalue weighted by Crippen LogP contribution is -2.23. The topological polar surface area (TPSA) is 72.7 Å². The van der Waals surface area contributed by atoms with E-state index in [1.165, 1.54) is 11.8 Å². The van der Waals surface area contributed by atoms with E-state index in [-0.39, 0.29) is 11.2 Å². The zero-order valence-electron chi connectivity index (χ0n) is 14.3.